The minimum atomic E-state index is 0. The number of hydrogen-bond acceptors (Lipinski definition) is 2. The van der Waals surface area contributed by atoms with Crippen molar-refractivity contribution in [2.45, 2.75) is 6.42 Å². The van der Waals surface area contributed by atoms with Gasteiger partial charge in [0.25, 0.3) is 0 Å². The molecule has 0 amide bonds. The molecule has 0 N–H and O–H groups in total. The topological polar surface area (TPSA) is 25.8 Å². The Labute approximate surface area is 203 Å². The van der Waals surface area contributed by atoms with Crippen LogP contribution in [0, 0.1) is 12.1 Å². The summed E-state index contributed by atoms with van der Waals surface area (Å²) >= 11 is 0. The molecule has 0 aliphatic carbocycles. The van der Waals surface area contributed by atoms with Crippen LogP contribution in [0.3, 0.4) is 0 Å². The number of rotatable bonds is 4. The summed E-state index contributed by atoms with van der Waals surface area (Å²) in [5, 5.41) is 0. The van der Waals surface area contributed by atoms with E-state index in [9.17, 15) is 0 Å². The Morgan fingerprint density at radius 1 is 0.531 bits per heavy atom. The van der Waals surface area contributed by atoms with Crippen molar-refractivity contribution in [2.75, 3.05) is 0 Å². The van der Waals surface area contributed by atoms with Crippen molar-refractivity contribution < 1.29 is 20.1 Å². The SMILES string of the molecule is [Ir].[c-]1ccc(Cc2ccccc2)cc1-c1ccccn1.[c-]1ccccc1-c1ccccn1. The minimum absolute atomic E-state index is 0. The maximum absolute atomic E-state index is 4.37. The molecule has 0 aliphatic rings. The fraction of sp³-hybridized carbons (Fsp3) is 0.0345. The monoisotopic (exact) mass is 591 g/mol. The van der Waals surface area contributed by atoms with Gasteiger partial charge < -0.3 is 9.97 Å². The quantitative estimate of drug-likeness (QED) is 0.218. The summed E-state index contributed by atoms with van der Waals surface area (Å²) in [4.78, 5) is 8.58. The number of aromatic nitrogens is 2. The Morgan fingerprint density at radius 2 is 1.16 bits per heavy atom. The van der Waals surface area contributed by atoms with Gasteiger partial charge in [-0.1, -0.05) is 54.6 Å². The third kappa shape index (κ3) is 6.81. The van der Waals surface area contributed by atoms with Crippen molar-refractivity contribution in [2.24, 2.45) is 0 Å². The zero-order valence-corrected chi connectivity index (χ0v) is 19.9. The molecular formula is C29H22IrN2-2. The van der Waals surface area contributed by atoms with Gasteiger partial charge in [-0.2, -0.15) is 0 Å². The van der Waals surface area contributed by atoms with Gasteiger partial charge in [-0.05, 0) is 35.5 Å². The van der Waals surface area contributed by atoms with Gasteiger partial charge in [-0.25, -0.2) is 0 Å². The Morgan fingerprint density at radius 3 is 1.78 bits per heavy atom. The summed E-state index contributed by atoms with van der Waals surface area (Å²) in [5.74, 6) is 0. The van der Waals surface area contributed by atoms with Crippen LogP contribution in [0.5, 0.6) is 0 Å². The predicted octanol–water partition coefficient (Wildman–Crippen LogP) is 6.69. The van der Waals surface area contributed by atoms with E-state index in [4.69, 9.17) is 0 Å². The number of pyridine rings is 2. The first-order valence-electron chi connectivity index (χ1n) is 10.2. The number of hydrogen-bond donors (Lipinski definition) is 0. The molecule has 0 unspecified atom stereocenters. The average Bonchev–Trinajstić information content (AvgIpc) is 2.87. The molecule has 0 spiro atoms. The molecule has 0 aliphatic heterocycles. The minimum Gasteiger partial charge on any atom is -0.305 e. The van der Waals surface area contributed by atoms with Crippen LogP contribution in [-0.4, -0.2) is 9.97 Å². The van der Waals surface area contributed by atoms with Gasteiger partial charge in [0, 0.05) is 32.5 Å². The van der Waals surface area contributed by atoms with Crippen LogP contribution in [0.25, 0.3) is 22.5 Å². The zero-order chi connectivity index (χ0) is 21.1. The van der Waals surface area contributed by atoms with Crippen molar-refractivity contribution in [1.82, 2.24) is 9.97 Å². The first-order chi connectivity index (χ1) is 15.4. The summed E-state index contributed by atoms with van der Waals surface area (Å²) < 4.78 is 0. The third-order valence-corrected chi connectivity index (χ3v) is 4.71. The molecule has 3 heteroatoms. The van der Waals surface area contributed by atoms with Gasteiger partial charge in [0.15, 0.2) is 0 Å². The fourth-order valence-corrected chi connectivity index (χ4v) is 3.20. The second kappa shape index (κ2) is 12.5. The van der Waals surface area contributed by atoms with E-state index in [0.717, 1.165) is 28.9 Å². The molecule has 5 aromatic rings. The second-order valence-electron chi connectivity index (χ2n) is 6.98. The third-order valence-electron chi connectivity index (χ3n) is 4.71. The molecular weight excluding hydrogens is 569 g/mol. The molecule has 0 bridgehead atoms. The van der Waals surface area contributed by atoms with Crippen LogP contribution in [0.2, 0.25) is 0 Å². The van der Waals surface area contributed by atoms with E-state index in [-0.39, 0.29) is 20.1 Å². The number of benzene rings is 3. The van der Waals surface area contributed by atoms with Crippen molar-refractivity contribution in [3.8, 4) is 22.5 Å². The van der Waals surface area contributed by atoms with Crippen LogP contribution in [0.4, 0.5) is 0 Å². The van der Waals surface area contributed by atoms with Crippen LogP contribution in [0.15, 0.2) is 122 Å². The molecule has 0 atom stereocenters. The maximum Gasteiger partial charge on any atom is 0.0160 e. The predicted molar refractivity (Wildman–Crippen MR) is 126 cm³/mol. The molecule has 159 valence electrons. The molecule has 1 radical (unpaired) electrons. The molecule has 3 aromatic carbocycles. The summed E-state index contributed by atoms with van der Waals surface area (Å²) in [6.45, 7) is 0. The second-order valence-corrected chi connectivity index (χ2v) is 6.98. The molecule has 2 aromatic heterocycles. The maximum atomic E-state index is 4.37. The Hall–Kier alpha value is -3.39. The molecule has 32 heavy (non-hydrogen) atoms. The van der Waals surface area contributed by atoms with Gasteiger partial charge in [0.2, 0.25) is 0 Å². The first kappa shape index (κ1) is 23.3. The smallest absolute Gasteiger partial charge is 0.0160 e. The summed E-state index contributed by atoms with van der Waals surface area (Å²) in [7, 11) is 0. The van der Waals surface area contributed by atoms with Gasteiger partial charge in [0.05, 0.1) is 0 Å². The number of nitrogens with zero attached hydrogens (tertiary/aromatic N) is 2. The van der Waals surface area contributed by atoms with Crippen molar-refractivity contribution >= 4 is 0 Å². The summed E-state index contributed by atoms with van der Waals surface area (Å²) in [6, 6.07) is 42.7. The van der Waals surface area contributed by atoms with E-state index in [0.29, 0.717) is 0 Å². The van der Waals surface area contributed by atoms with E-state index in [2.05, 4.69) is 58.5 Å². The molecule has 2 nitrogen and oxygen atoms in total. The van der Waals surface area contributed by atoms with E-state index < -0.39 is 0 Å². The van der Waals surface area contributed by atoms with Crippen LogP contribution in [0.1, 0.15) is 11.1 Å². The van der Waals surface area contributed by atoms with E-state index in [1.165, 1.54) is 11.1 Å². The van der Waals surface area contributed by atoms with Crippen molar-refractivity contribution in [3.05, 3.63) is 145 Å². The Bertz CT molecular complexity index is 1140. The van der Waals surface area contributed by atoms with Crippen molar-refractivity contribution in [3.63, 3.8) is 0 Å². The Kier molecular flexibility index (Phi) is 9.06. The van der Waals surface area contributed by atoms with Gasteiger partial charge in [-0.15, -0.1) is 71.3 Å². The van der Waals surface area contributed by atoms with Gasteiger partial charge in [-0.3, -0.25) is 0 Å². The largest absolute Gasteiger partial charge is 0.305 e. The fourth-order valence-electron chi connectivity index (χ4n) is 3.20. The van der Waals surface area contributed by atoms with Crippen LogP contribution < -0.4 is 0 Å². The van der Waals surface area contributed by atoms with Gasteiger partial charge >= 0.3 is 0 Å². The zero-order valence-electron chi connectivity index (χ0n) is 17.5. The Balaban J connectivity index is 0.000000193. The molecule has 2 heterocycles. The summed E-state index contributed by atoms with van der Waals surface area (Å²) in [5.41, 5.74) is 6.63. The standard InChI is InChI=1S/C18H14N.C11H8N.Ir/c1-2-7-15(8-3-1)13-16-9-6-10-17(14-16)18-11-4-5-12-19-18;1-2-6-10(7-3-1)11-8-4-5-9-12-11;/h1-9,11-12,14H,13H2;1-6,8-9H;/q2*-1;. The van der Waals surface area contributed by atoms with Crippen LogP contribution in [-0.2, 0) is 26.5 Å². The molecule has 0 saturated heterocycles. The van der Waals surface area contributed by atoms with Crippen LogP contribution >= 0.6 is 0 Å². The molecule has 0 fully saturated rings. The average molecular weight is 591 g/mol. The van der Waals surface area contributed by atoms with Crippen molar-refractivity contribution in [1.29, 1.82) is 0 Å². The summed E-state index contributed by atoms with van der Waals surface area (Å²) in [6.07, 6.45) is 4.54. The van der Waals surface area contributed by atoms with E-state index in [1.54, 1.807) is 6.20 Å². The van der Waals surface area contributed by atoms with E-state index >= 15 is 0 Å². The normalized spacial score (nSPS) is 9.75. The van der Waals surface area contributed by atoms with Gasteiger partial charge in [0.1, 0.15) is 0 Å². The van der Waals surface area contributed by atoms with E-state index in [1.807, 2.05) is 79.0 Å². The first-order valence-corrected chi connectivity index (χ1v) is 10.2. The molecule has 0 saturated carbocycles. The molecule has 5 rings (SSSR count).